The number of nitrogens with zero attached hydrogens (tertiary/aromatic N) is 2. The van der Waals surface area contributed by atoms with Crippen molar-refractivity contribution >= 4 is 27.7 Å². The molecule has 3 fully saturated rings. The van der Waals surface area contributed by atoms with E-state index in [1.807, 2.05) is 0 Å². The lowest BCUT2D eigenvalue weighted by Gasteiger charge is -2.40. The second-order valence-electron chi connectivity index (χ2n) is 6.63. The third kappa shape index (κ3) is 3.27. The molecule has 2 aromatic heterocycles. The van der Waals surface area contributed by atoms with E-state index in [4.69, 9.17) is 9.25 Å². The standard InChI is InChI=1S/C17H17BrFN3O3/c18-17-20-14(12-2-1-7-24-12)13(19)15(21-17)22-25-16(23)11-8-9-3-5-10(11)6-4-9/h1-2,7,9-11H,3-6,8H2,(H,20,21,22). The molecule has 1 unspecified atom stereocenters. The van der Waals surface area contributed by atoms with Gasteiger partial charge in [0.15, 0.2) is 16.3 Å². The quantitative estimate of drug-likeness (QED) is 0.597. The molecule has 0 amide bonds. The van der Waals surface area contributed by atoms with Gasteiger partial charge in [-0.25, -0.2) is 14.2 Å². The molecule has 3 aliphatic carbocycles. The Labute approximate surface area is 152 Å². The number of carbonyl (C=O) groups excluding carboxylic acids is 1. The zero-order valence-corrected chi connectivity index (χ0v) is 15.0. The van der Waals surface area contributed by atoms with Gasteiger partial charge in [0.25, 0.3) is 0 Å². The molecule has 6 nitrogen and oxygen atoms in total. The Morgan fingerprint density at radius 2 is 2.12 bits per heavy atom. The maximum Gasteiger partial charge on any atom is 0.335 e. The van der Waals surface area contributed by atoms with Gasteiger partial charge in [-0.15, -0.1) is 0 Å². The Morgan fingerprint density at radius 1 is 1.32 bits per heavy atom. The molecular weight excluding hydrogens is 393 g/mol. The molecule has 0 radical (unpaired) electrons. The van der Waals surface area contributed by atoms with Gasteiger partial charge in [0, 0.05) is 0 Å². The smallest absolute Gasteiger partial charge is 0.335 e. The molecule has 5 rings (SSSR count). The normalized spacial score (nSPS) is 25.0. The second-order valence-corrected chi connectivity index (χ2v) is 7.34. The van der Waals surface area contributed by atoms with Crippen LogP contribution in [0.3, 0.4) is 0 Å². The van der Waals surface area contributed by atoms with Gasteiger partial charge in [0.1, 0.15) is 5.69 Å². The van der Waals surface area contributed by atoms with Crippen LogP contribution in [0.25, 0.3) is 11.5 Å². The molecule has 132 valence electrons. The lowest BCUT2D eigenvalue weighted by atomic mass is 9.65. The topological polar surface area (TPSA) is 77.2 Å². The van der Waals surface area contributed by atoms with E-state index in [1.165, 1.54) is 19.1 Å². The number of rotatable bonds is 4. The van der Waals surface area contributed by atoms with Crippen LogP contribution in [-0.2, 0) is 9.63 Å². The first-order chi connectivity index (χ1) is 12.1. The predicted octanol–water partition coefficient (Wildman–Crippen LogP) is 4.33. The number of carbonyl (C=O) groups is 1. The summed E-state index contributed by atoms with van der Waals surface area (Å²) in [6, 6.07) is 3.22. The fourth-order valence-electron chi connectivity index (χ4n) is 3.90. The lowest BCUT2D eigenvalue weighted by molar-refractivity contribution is -0.151. The van der Waals surface area contributed by atoms with Crippen LogP contribution in [0.4, 0.5) is 10.2 Å². The van der Waals surface area contributed by atoms with Crippen molar-refractivity contribution < 1.29 is 18.4 Å². The summed E-state index contributed by atoms with van der Waals surface area (Å²) in [5, 5.41) is 0. The molecule has 0 spiro atoms. The third-order valence-corrected chi connectivity index (χ3v) is 5.53. The fourth-order valence-corrected chi connectivity index (χ4v) is 4.26. The molecular formula is C17H17BrFN3O3. The Bertz CT molecular complexity index is 776. The van der Waals surface area contributed by atoms with Crippen molar-refractivity contribution in [2.75, 3.05) is 5.48 Å². The maximum absolute atomic E-state index is 14.6. The zero-order chi connectivity index (χ0) is 17.4. The Kier molecular flexibility index (Phi) is 4.45. The largest absolute Gasteiger partial charge is 0.463 e. The van der Waals surface area contributed by atoms with Crippen LogP contribution in [-0.4, -0.2) is 15.9 Å². The summed E-state index contributed by atoms with van der Waals surface area (Å²) in [6.45, 7) is 0. The zero-order valence-electron chi connectivity index (χ0n) is 13.4. The molecule has 3 aliphatic rings. The van der Waals surface area contributed by atoms with Crippen molar-refractivity contribution in [3.63, 3.8) is 0 Å². The summed E-state index contributed by atoms with van der Waals surface area (Å²) in [5.74, 6) is -0.155. The predicted molar refractivity (Wildman–Crippen MR) is 90.7 cm³/mol. The minimum atomic E-state index is -0.740. The molecule has 1 atom stereocenters. The first-order valence-corrected chi connectivity index (χ1v) is 9.14. The number of aromatic nitrogens is 2. The fraction of sp³-hybridized carbons (Fsp3) is 0.471. The number of furan rings is 1. The number of hydrogen-bond acceptors (Lipinski definition) is 6. The Balaban J connectivity index is 1.48. The number of nitrogens with one attached hydrogen (secondary N) is 1. The highest BCUT2D eigenvalue weighted by Gasteiger charge is 2.40. The number of anilines is 1. The summed E-state index contributed by atoms with van der Waals surface area (Å²) in [6.07, 6.45) is 6.82. The van der Waals surface area contributed by atoms with Crippen LogP contribution < -0.4 is 5.48 Å². The number of fused-ring (bicyclic) bond motifs is 3. The van der Waals surface area contributed by atoms with Gasteiger partial charge in [-0.2, -0.15) is 10.5 Å². The molecule has 1 N–H and O–H groups in total. The minimum absolute atomic E-state index is 0.0119. The Hall–Kier alpha value is -1.96. The van der Waals surface area contributed by atoms with Gasteiger partial charge in [-0.05, 0) is 59.2 Å². The second kappa shape index (κ2) is 6.74. The minimum Gasteiger partial charge on any atom is -0.463 e. The average Bonchev–Trinajstić information content (AvgIpc) is 3.17. The van der Waals surface area contributed by atoms with Crippen LogP contribution in [0.5, 0.6) is 0 Å². The third-order valence-electron chi connectivity index (χ3n) is 5.18. The van der Waals surface area contributed by atoms with E-state index < -0.39 is 5.82 Å². The monoisotopic (exact) mass is 409 g/mol. The van der Waals surface area contributed by atoms with E-state index in [0.717, 1.165) is 19.3 Å². The van der Waals surface area contributed by atoms with E-state index in [-0.39, 0.29) is 33.9 Å². The molecule has 25 heavy (non-hydrogen) atoms. The lowest BCUT2D eigenvalue weighted by Crippen LogP contribution is -2.37. The van der Waals surface area contributed by atoms with Crippen molar-refractivity contribution in [2.45, 2.75) is 32.1 Å². The molecule has 0 aliphatic heterocycles. The van der Waals surface area contributed by atoms with Crippen molar-refractivity contribution in [3.8, 4) is 11.5 Å². The summed E-state index contributed by atoms with van der Waals surface area (Å²) in [4.78, 5) is 25.4. The summed E-state index contributed by atoms with van der Waals surface area (Å²) < 4.78 is 19.9. The van der Waals surface area contributed by atoms with Gasteiger partial charge in [-0.1, -0.05) is 12.8 Å². The first-order valence-electron chi connectivity index (χ1n) is 8.35. The van der Waals surface area contributed by atoms with Crippen molar-refractivity contribution in [3.05, 3.63) is 28.9 Å². The summed E-state index contributed by atoms with van der Waals surface area (Å²) >= 11 is 3.13. The Morgan fingerprint density at radius 3 is 2.76 bits per heavy atom. The van der Waals surface area contributed by atoms with E-state index >= 15 is 0 Å². The van der Waals surface area contributed by atoms with Gasteiger partial charge in [0.2, 0.25) is 5.82 Å². The van der Waals surface area contributed by atoms with Crippen LogP contribution in [0.15, 0.2) is 27.5 Å². The molecule has 2 heterocycles. The van der Waals surface area contributed by atoms with Gasteiger partial charge in [0.05, 0.1) is 12.2 Å². The molecule has 0 aromatic carbocycles. The van der Waals surface area contributed by atoms with Gasteiger partial charge >= 0.3 is 5.97 Å². The van der Waals surface area contributed by atoms with Crippen LogP contribution in [0.1, 0.15) is 32.1 Å². The van der Waals surface area contributed by atoms with Crippen molar-refractivity contribution in [2.24, 2.45) is 17.8 Å². The molecule has 8 heteroatoms. The number of halogens is 2. The van der Waals surface area contributed by atoms with Crippen LogP contribution in [0.2, 0.25) is 0 Å². The average molecular weight is 410 g/mol. The maximum atomic E-state index is 14.6. The van der Waals surface area contributed by atoms with Gasteiger partial charge in [-0.3, -0.25) is 0 Å². The van der Waals surface area contributed by atoms with Crippen LogP contribution >= 0.6 is 15.9 Å². The van der Waals surface area contributed by atoms with E-state index in [2.05, 4.69) is 31.4 Å². The first kappa shape index (κ1) is 16.5. The molecule has 2 bridgehead atoms. The van der Waals surface area contributed by atoms with Crippen LogP contribution in [0, 0.1) is 23.6 Å². The molecule has 3 saturated carbocycles. The highest BCUT2D eigenvalue weighted by Crippen LogP contribution is 2.45. The van der Waals surface area contributed by atoms with E-state index in [1.54, 1.807) is 12.1 Å². The molecule has 2 aromatic rings. The molecule has 0 saturated heterocycles. The highest BCUT2D eigenvalue weighted by atomic mass is 79.9. The van der Waals surface area contributed by atoms with Crippen molar-refractivity contribution in [1.82, 2.24) is 9.97 Å². The highest BCUT2D eigenvalue weighted by molar-refractivity contribution is 9.10. The van der Waals surface area contributed by atoms with Crippen molar-refractivity contribution in [1.29, 1.82) is 0 Å². The van der Waals surface area contributed by atoms with E-state index in [0.29, 0.717) is 11.8 Å². The van der Waals surface area contributed by atoms with Gasteiger partial charge < -0.3 is 9.25 Å². The summed E-state index contributed by atoms with van der Waals surface area (Å²) in [5.41, 5.74) is 2.35. The number of hydrogen-bond donors (Lipinski definition) is 1. The van der Waals surface area contributed by atoms with E-state index in [9.17, 15) is 9.18 Å². The summed E-state index contributed by atoms with van der Waals surface area (Å²) in [7, 11) is 0. The SMILES string of the molecule is O=C(ONc1nc(Br)nc(-c2ccco2)c1F)C1CC2CCC1CC2.